The average molecular weight is 496 g/mol. The summed E-state index contributed by atoms with van der Waals surface area (Å²) in [5, 5.41) is 4.00. The number of nitrogens with zero attached hydrogens (tertiary/aromatic N) is 2. The van der Waals surface area contributed by atoms with Crippen LogP contribution in [-0.4, -0.2) is 29.7 Å². The number of methoxy groups -OCH3 is 2. The number of benzene rings is 3. The van der Waals surface area contributed by atoms with Gasteiger partial charge in [0.25, 0.3) is 5.91 Å². The summed E-state index contributed by atoms with van der Waals surface area (Å²) >= 11 is 12.4. The fourth-order valence-electron chi connectivity index (χ4n) is 3.74. The van der Waals surface area contributed by atoms with Crippen LogP contribution in [0.3, 0.4) is 0 Å². The molecule has 6 nitrogen and oxygen atoms in total. The summed E-state index contributed by atoms with van der Waals surface area (Å²) in [6.07, 6.45) is 3.15. The van der Waals surface area contributed by atoms with Gasteiger partial charge in [-0.2, -0.15) is 0 Å². The molecule has 1 heterocycles. The first kappa shape index (κ1) is 23.7. The number of aryl methyl sites for hydroxylation is 1. The van der Waals surface area contributed by atoms with Crippen molar-refractivity contribution in [3.8, 4) is 28.3 Å². The second-order valence-corrected chi connectivity index (χ2v) is 8.48. The molecule has 0 aliphatic heterocycles. The number of amides is 1. The first-order valence-corrected chi connectivity index (χ1v) is 11.2. The maximum atomic E-state index is 13.0. The second kappa shape index (κ2) is 10.2. The number of halogens is 2. The Morgan fingerprint density at radius 1 is 1.00 bits per heavy atom. The summed E-state index contributed by atoms with van der Waals surface area (Å²) in [5.74, 6) is 1.04. The van der Waals surface area contributed by atoms with Gasteiger partial charge in [0.15, 0.2) is 11.5 Å². The van der Waals surface area contributed by atoms with Gasteiger partial charge in [0, 0.05) is 22.3 Å². The highest BCUT2D eigenvalue weighted by Crippen LogP contribution is 2.33. The number of imidazole rings is 1. The maximum Gasteiger partial charge on any atom is 0.270 e. The Kier molecular flexibility index (Phi) is 7.10. The van der Waals surface area contributed by atoms with Crippen molar-refractivity contribution in [2.24, 2.45) is 0 Å². The first-order chi connectivity index (χ1) is 16.4. The topological polar surface area (TPSA) is 65.4 Å². The Hall–Kier alpha value is -3.48. The SMILES string of the molecule is COc1ccc(-c2cccc(-n3cncc3C(=O)NCc3c(C)cc(Cl)cc3Cl)c2)cc1OC. The van der Waals surface area contributed by atoms with Gasteiger partial charge in [-0.15, -0.1) is 0 Å². The van der Waals surface area contributed by atoms with Crippen molar-refractivity contribution in [2.45, 2.75) is 13.5 Å². The highest BCUT2D eigenvalue weighted by molar-refractivity contribution is 6.35. The van der Waals surface area contributed by atoms with Gasteiger partial charge in [0.05, 0.1) is 26.7 Å². The van der Waals surface area contributed by atoms with Gasteiger partial charge in [-0.1, -0.05) is 41.4 Å². The summed E-state index contributed by atoms with van der Waals surface area (Å²) < 4.78 is 12.5. The average Bonchev–Trinajstić information content (AvgIpc) is 3.33. The summed E-state index contributed by atoms with van der Waals surface area (Å²) in [7, 11) is 3.21. The molecule has 0 spiro atoms. The van der Waals surface area contributed by atoms with E-state index in [4.69, 9.17) is 32.7 Å². The van der Waals surface area contributed by atoms with Crippen LogP contribution >= 0.6 is 23.2 Å². The zero-order chi connectivity index (χ0) is 24.2. The molecule has 0 saturated carbocycles. The number of nitrogens with one attached hydrogen (secondary N) is 1. The molecule has 8 heteroatoms. The monoisotopic (exact) mass is 495 g/mol. The number of aromatic nitrogens is 2. The summed E-state index contributed by atoms with van der Waals surface area (Å²) in [6.45, 7) is 2.18. The smallest absolute Gasteiger partial charge is 0.270 e. The van der Waals surface area contributed by atoms with E-state index < -0.39 is 0 Å². The van der Waals surface area contributed by atoms with Crippen molar-refractivity contribution in [2.75, 3.05) is 14.2 Å². The van der Waals surface area contributed by atoms with Crippen molar-refractivity contribution in [1.82, 2.24) is 14.9 Å². The zero-order valence-electron chi connectivity index (χ0n) is 18.9. The maximum absolute atomic E-state index is 13.0. The van der Waals surface area contributed by atoms with E-state index in [1.807, 2.05) is 55.5 Å². The number of carbonyl (C=O) groups excluding carboxylic acids is 1. The van der Waals surface area contributed by atoms with Crippen LogP contribution in [0, 0.1) is 6.92 Å². The van der Waals surface area contributed by atoms with Crippen LogP contribution in [0.5, 0.6) is 11.5 Å². The Morgan fingerprint density at radius 3 is 2.50 bits per heavy atom. The van der Waals surface area contributed by atoms with E-state index in [0.717, 1.165) is 27.9 Å². The third-order valence-electron chi connectivity index (χ3n) is 5.52. The van der Waals surface area contributed by atoms with Crippen molar-refractivity contribution in [3.05, 3.63) is 94.0 Å². The van der Waals surface area contributed by atoms with Crippen LogP contribution < -0.4 is 14.8 Å². The predicted octanol–water partition coefficient (Wildman–Crippen LogP) is 6.10. The lowest BCUT2D eigenvalue weighted by Crippen LogP contribution is -2.25. The zero-order valence-corrected chi connectivity index (χ0v) is 20.4. The normalized spacial score (nSPS) is 10.7. The molecule has 0 radical (unpaired) electrons. The molecule has 174 valence electrons. The molecule has 0 aliphatic rings. The van der Waals surface area contributed by atoms with Crippen LogP contribution in [-0.2, 0) is 6.54 Å². The second-order valence-electron chi connectivity index (χ2n) is 7.63. The van der Waals surface area contributed by atoms with Crippen molar-refractivity contribution >= 4 is 29.1 Å². The molecule has 0 unspecified atom stereocenters. The number of carbonyl (C=O) groups is 1. The molecule has 3 aromatic carbocycles. The van der Waals surface area contributed by atoms with Gasteiger partial charge < -0.3 is 14.8 Å². The number of rotatable bonds is 7. The lowest BCUT2D eigenvalue weighted by Gasteiger charge is -2.13. The van der Waals surface area contributed by atoms with Gasteiger partial charge in [-0.3, -0.25) is 9.36 Å². The number of hydrogen-bond donors (Lipinski definition) is 1. The molecule has 4 rings (SSSR count). The van der Waals surface area contributed by atoms with Crippen molar-refractivity contribution < 1.29 is 14.3 Å². The molecule has 4 aromatic rings. The Morgan fingerprint density at radius 2 is 1.76 bits per heavy atom. The van der Waals surface area contributed by atoms with Crippen LogP contribution in [0.25, 0.3) is 16.8 Å². The van der Waals surface area contributed by atoms with Gasteiger partial charge >= 0.3 is 0 Å². The van der Waals surface area contributed by atoms with E-state index in [-0.39, 0.29) is 12.5 Å². The van der Waals surface area contributed by atoms with E-state index in [1.54, 1.807) is 31.2 Å². The fourth-order valence-corrected chi connectivity index (χ4v) is 4.40. The lowest BCUT2D eigenvalue weighted by atomic mass is 10.0. The summed E-state index contributed by atoms with van der Waals surface area (Å²) in [6, 6.07) is 17.1. The highest BCUT2D eigenvalue weighted by atomic mass is 35.5. The quantitative estimate of drug-likeness (QED) is 0.336. The van der Waals surface area contributed by atoms with Gasteiger partial charge in [-0.05, 0) is 65.6 Å². The molecule has 1 N–H and O–H groups in total. The third-order valence-corrected chi connectivity index (χ3v) is 6.08. The molecule has 34 heavy (non-hydrogen) atoms. The number of hydrogen-bond acceptors (Lipinski definition) is 4. The minimum Gasteiger partial charge on any atom is -0.493 e. The highest BCUT2D eigenvalue weighted by Gasteiger charge is 2.15. The number of ether oxygens (including phenoxy) is 2. The molecular weight excluding hydrogens is 473 g/mol. The van der Waals surface area contributed by atoms with E-state index in [1.165, 1.54) is 6.20 Å². The van der Waals surface area contributed by atoms with Crippen molar-refractivity contribution in [3.63, 3.8) is 0 Å². The molecule has 0 atom stereocenters. The molecular formula is C26H23Cl2N3O3. The van der Waals surface area contributed by atoms with Gasteiger partial charge in [0.1, 0.15) is 5.69 Å². The minimum atomic E-state index is -0.264. The minimum absolute atomic E-state index is 0.264. The fraction of sp³-hybridized carbons (Fsp3) is 0.154. The summed E-state index contributed by atoms with van der Waals surface area (Å²) in [5.41, 5.74) is 4.86. The van der Waals surface area contributed by atoms with E-state index in [2.05, 4.69) is 10.3 Å². The third kappa shape index (κ3) is 4.88. The molecule has 1 aromatic heterocycles. The van der Waals surface area contributed by atoms with E-state index in [0.29, 0.717) is 27.2 Å². The van der Waals surface area contributed by atoms with E-state index in [9.17, 15) is 4.79 Å². The standard InChI is InChI=1S/C26H23Cl2N3O3/c1-16-9-19(27)12-22(28)21(16)13-30-26(32)23-14-29-15-31(23)20-6-4-5-17(10-20)18-7-8-24(33-2)25(11-18)34-3/h4-12,14-15H,13H2,1-3H3,(H,30,32). The van der Waals surface area contributed by atoms with Crippen LogP contribution in [0.4, 0.5) is 0 Å². The van der Waals surface area contributed by atoms with Crippen LogP contribution in [0.2, 0.25) is 10.0 Å². The summed E-state index contributed by atoms with van der Waals surface area (Å²) in [4.78, 5) is 17.2. The van der Waals surface area contributed by atoms with Crippen molar-refractivity contribution in [1.29, 1.82) is 0 Å². The largest absolute Gasteiger partial charge is 0.493 e. The Labute approximate surface area is 208 Å². The first-order valence-electron chi connectivity index (χ1n) is 10.5. The van der Waals surface area contributed by atoms with E-state index >= 15 is 0 Å². The Bertz CT molecular complexity index is 1330. The van der Waals surface area contributed by atoms with Gasteiger partial charge in [0.2, 0.25) is 0 Å². The predicted molar refractivity (Wildman–Crippen MR) is 134 cm³/mol. The van der Waals surface area contributed by atoms with Crippen LogP contribution in [0.15, 0.2) is 67.1 Å². The Balaban J connectivity index is 1.59. The molecule has 0 saturated heterocycles. The van der Waals surface area contributed by atoms with Gasteiger partial charge in [-0.25, -0.2) is 4.98 Å². The lowest BCUT2D eigenvalue weighted by molar-refractivity contribution is 0.0944. The molecule has 1 amide bonds. The van der Waals surface area contributed by atoms with Crippen LogP contribution in [0.1, 0.15) is 21.6 Å². The molecule has 0 aliphatic carbocycles. The molecule has 0 bridgehead atoms. The molecule has 0 fully saturated rings.